The van der Waals surface area contributed by atoms with Crippen molar-refractivity contribution in [2.75, 3.05) is 13.1 Å². The first-order chi connectivity index (χ1) is 9.61. The molecular formula is C12H9BrF5NO2. The fourth-order valence-corrected chi connectivity index (χ4v) is 1.56. The van der Waals surface area contributed by atoms with Crippen molar-refractivity contribution in [3.8, 4) is 0 Å². The monoisotopic (exact) mass is 373 g/mol. The van der Waals surface area contributed by atoms with E-state index in [2.05, 4.69) is 21.2 Å². The molecular weight excluding hydrogens is 365 g/mol. The molecule has 0 aliphatic carbocycles. The van der Waals surface area contributed by atoms with Gasteiger partial charge in [0.1, 0.15) is 11.6 Å². The van der Waals surface area contributed by atoms with Crippen LogP contribution in [-0.4, -0.2) is 30.3 Å². The summed E-state index contributed by atoms with van der Waals surface area (Å²) in [5, 5.41) is 10.2. The van der Waals surface area contributed by atoms with E-state index >= 15 is 0 Å². The van der Waals surface area contributed by atoms with Crippen LogP contribution in [0, 0.1) is 11.6 Å². The van der Waals surface area contributed by atoms with Crippen molar-refractivity contribution in [1.82, 2.24) is 5.32 Å². The van der Waals surface area contributed by atoms with Crippen molar-refractivity contribution in [2.45, 2.75) is 6.18 Å². The van der Waals surface area contributed by atoms with Gasteiger partial charge in [-0.1, -0.05) is 6.08 Å². The molecule has 0 aromatic heterocycles. The van der Waals surface area contributed by atoms with Crippen LogP contribution in [0.1, 0.15) is 5.56 Å². The Balaban J connectivity index is 0.000000270. The molecule has 1 aliphatic rings. The maximum atomic E-state index is 13.3. The number of alkyl halides is 3. The van der Waals surface area contributed by atoms with Crippen LogP contribution in [0.4, 0.5) is 22.0 Å². The number of hydrogen-bond donors (Lipinski definition) is 2. The first kappa shape index (κ1) is 17.6. The summed E-state index contributed by atoms with van der Waals surface area (Å²) < 4.78 is 58.3. The second-order valence-corrected chi connectivity index (χ2v) is 4.85. The summed E-state index contributed by atoms with van der Waals surface area (Å²) >= 11 is 2.93. The van der Waals surface area contributed by atoms with Gasteiger partial charge in [0, 0.05) is 18.7 Å². The summed E-state index contributed by atoms with van der Waals surface area (Å²) in [6, 6.07) is 2.35. The summed E-state index contributed by atoms with van der Waals surface area (Å²) in [5.74, 6) is -3.60. The van der Waals surface area contributed by atoms with Gasteiger partial charge in [-0.05, 0) is 33.6 Å². The molecule has 116 valence electrons. The molecule has 2 N–H and O–H groups in total. The van der Waals surface area contributed by atoms with Crippen molar-refractivity contribution in [3.05, 3.63) is 39.4 Å². The molecule has 0 unspecified atom stereocenters. The Morgan fingerprint density at radius 3 is 2.14 bits per heavy atom. The average molecular weight is 374 g/mol. The van der Waals surface area contributed by atoms with E-state index in [-0.39, 0.29) is 4.47 Å². The molecule has 0 amide bonds. The molecule has 1 saturated heterocycles. The zero-order valence-electron chi connectivity index (χ0n) is 10.3. The lowest BCUT2D eigenvalue weighted by Gasteiger charge is -2.18. The van der Waals surface area contributed by atoms with Gasteiger partial charge >= 0.3 is 12.1 Å². The van der Waals surface area contributed by atoms with Crippen molar-refractivity contribution < 1.29 is 31.9 Å². The molecule has 1 aromatic rings. The van der Waals surface area contributed by atoms with Crippen LogP contribution < -0.4 is 5.32 Å². The fourth-order valence-electron chi connectivity index (χ4n) is 1.24. The first-order valence-corrected chi connectivity index (χ1v) is 6.25. The molecule has 1 aromatic carbocycles. The van der Waals surface area contributed by atoms with E-state index in [4.69, 9.17) is 9.90 Å². The zero-order valence-corrected chi connectivity index (χ0v) is 11.9. The molecule has 21 heavy (non-hydrogen) atoms. The Hall–Kier alpha value is -1.48. The van der Waals surface area contributed by atoms with Crippen molar-refractivity contribution >= 4 is 28.0 Å². The molecule has 2 rings (SSSR count). The third kappa shape index (κ3) is 5.43. The largest absolute Gasteiger partial charge is 0.490 e. The van der Waals surface area contributed by atoms with Gasteiger partial charge in [0.2, 0.25) is 0 Å². The van der Waals surface area contributed by atoms with Crippen molar-refractivity contribution in [3.63, 3.8) is 0 Å². The van der Waals surface area contributed by atoms with Crippen LogP contribution in [0.15, 0.2) is 22.2 Å². The quantitative estimate of drug-likeness (QED) is 0.586. The molecule has 1 fully saturated rings. The fraction of sp³-hybridized carbons (Fsp3) is 0.250. The number of aliphatic carboxylic acids is 1. The summed E-state index contributed by atoms with van der Waals surface area (Å²) in [4.78, 5) is 8.90. The predicted octanol–water partition coefficient (Wildman–Crippen LogP) is 3.35. The molecule has 0 saturated carbocycles. The van der Waals surface area contributed by atoms with E-state index in [1.165, 1.54) is 6.07 Å². The summed E-state index contributed by atoms with van der Waals surface area (Å²) in [6.45, 7) is 1.52. The predicted molar refractivity (Wildman–Crippen MR) is 68.6 cm³/mol. The smallest absolute Gasteiger partial charge is 0.475 e. The highest BCUT2D eigenvalue weighted by Crippen LogP contribution is 2.22. The second-order valence-electron chi connectivity index (χ2n) is 4.00. The number of rotatable bonds is 1. The van der Waals surface area contributed by atoms with Gasteiger partial charge < -0.3 is 10.4 Å². The SMILES string of the molecule is Fc1cc(C=C2CNC2)c(F)cc1Br.O=C(O)C(F)(F)F. The van der Waals surface area contributed by atoms with Gasteiger partial charge in [-0.15, -0.1) is 0 Å². The number of hydrogen-bond acceptors (Lipinski definition) is 2. The molecule has 3 nitrogen and oxygen atoms in total. The number of carboxylic acids is 1. The van der Waals surface area contributed by atoms with E-state index in [0.717, 1.165) is 24.7 Å². The molecule has 0 bridgehead atoms. The number of halogens is 6. The Labute approximate surface area is 124 Å². The Kier molecular flexibility index (Phi) is 5.85. The van der Waals surface area contributed by atoms with Crippen LogP contribution in [0.3, 0.4) is 0 Å². The minimum atomic E-state index is -5.08. The van der Waals surface area contributed by atoms with Crippen LogP contribution in [0.2, 0.25) is 0 Å². The summed E-state index contributed by atoms with van der Waals surface area (Å²) in [6.07, 6.45) is -3.40. The minimum Gasteiger partial charge on any atom is -0.475 e. The van der Waals surface area contributed by atoms with Gasteiger partial charge in [-0.3, -0.25) is 0 Å². The Morgan fingerprint density at radius 2 is 1.76 bits per heavy atom. The van der Waals surface area contributed by atoms with Gasteiger partial charge in [-0.25, -0.2) is 13.6 Å². The lowest BCUT2D eigenvalue weighted by atomic mass is 10.1. The highest BCUT2D eigenvalue weighted by atomic mass is 79.9. The molecule has 1 aliphatic heterocycles. The normalized spacial score (nSPS) is 13.9. The Morgan fingerprint density at radius 1 is 1.24 bits per heavy atom. The average Bonchev–Trinajstić information content (AvgIpc) is 2.29. The summed E-state index contributed by atoms with van der Waals surface area (Å²) in [7, 11) is 0. The van der Waals surface area contributed by atoms with Crippen LogP contribution in [0.5, 0.6) is 0 Å². The molecule has 9 heteroatoms. The third-order valence-electron chi connectivity index (χ3n) is 2.35. The number of nitrogens with one attached hydrogen (secondary N) is 1. The maximum absolute atomic E-state index is 13.3. The molecule has 1 heterocycles. The van der Waals surface area contributed by atoms with Gasteiger partial charge in [0.15, 0.2) is 0 Å². The molecule has 0 atom stereocenters. The first-order valence-electron chi connectivity index (χ1n) is 5.46. The minimum absolute atomic E-state index is 0.156. The number of benzene rings is 1. The van der Waals surface area contributed by atoms with Gasteiger partial charge in [0.25, 0.3) is 0 Å². The lowest BCUT2D eigenvalue weighted by Crippen LogP contribution is -2.33. The number of carbonyl (C=O) groups is 1. The highest BCUT2D eigenvalue weighted by molar-refractivity contribution is 9.10. The van der Waals surface area contributed by atoms with Crippen LogP contribution in [0.25, 0.3) is 6.08 Å². The topological polar surface area (TPSA) is 49.3 Å². The van der Waals surface area contributed by atoms with Gasteiger partial charge in [-0.2, -0.15) is 13.2 Å². The maximum Gasteiger partial charge on any atom is 0.490 e. The van der Waals surface area contributed by atoms with E-state index in [0.29, 0.717) is 5.56 Å². The van der Waals surface area contributed by atoms with Gasteiger partial charge in [0.05, 0.1) is 4.47 Å². The third-order valence-corrected chi connectivity index (χ3v) is 2.95. The van der Waals surface area contributed by atoms with Crippen molar-refractivity contribution in [1.29, 1.82) is 0 Å². The van der Waals surface area contributed by atoms with E-state index in [1.807, 2.05) is 0 Å². The highest BCUT2D eigenvalue weighted by Gasteiger charge is 2.38. The second kappa shape index (κ2) is 6.99. The van der Waals surface area contributed by atoms with E-state index < -0.39 is 23.8 Å². The molecule has 0 spiro atoms. The Bertz CT molecular complexity index is 566. The van der Waals surface area contributed by atoms with Crippen LogP contribution >= 0.6 is 15.9 Å². The summed E-state index contributed by atoms with van der Waals surface area (Å²) in [5.41, 5.74) is 1.40. The van der Waals surface area contributed by atoms with E-state index in [1.54, 1.807) is 6.08 Å². The van der Waals surface area contributed by atoms with E-state index in [9.17, 15) is 22.0 Å². The standard InChI is InChI=1S/C10H8BrF2N.C2HF3O2/c11-8-3-9(12)7(2-10(8)13)1-6-4-14-5-6;3-2(4,5)1(6)7/h1-3,14H,4-5H2;(H,6,7). The molecule has 0 radical (unpaired) electrons. The lowest BCUT2D eigenvalue weighted by molar-refractivity contribution is -0.192. The van der Waals surface area contributed by atoms with Crippen LogP contribution in [-0.2, 0) is 4.79 Å². The zero-order chi connectivity index (χ0) is 16.2. The van der Waals surface area contributed by atoms with Crippen molar-refractivity contribution in [2.24, 2.45) is 0 Å². The number of carboxylic acid groups (broad SMARTS) is 1.